The van der Waals surface area contributed by atoms with Crippen molar-refractivity contribution in [3.8, 4) is 0 Å². The molecule has 0 unspecified atom stereocenters. The fourth-order valence-electron chi connectivity index (χ4n) is 1.26. The summed E-state index contributed by atoms with van der Waals surface area (Å²) < 4.78 is 52.2. The molecule has 8 heteroatoms. The van der Waals surface area contributed by atoms with E-state index in [-0.39, 0.29) is 11.0 Å². The molecule has 0 saturated carbocycles. The second-order valence-electron chi connectivity index (χ2n) is 3.55. The number of hydrogen-bond acceptors (Lipinski definition) is 3. The van der Waals surface area contributed by atoms with E-state index in [4.69, 9.17) is 0 Å². The van der Waals surface area contributed by atoms with Crippen molar-refractivity contribution in [3.05, 3.63) is 28.2 Å². The molecule has 1 rings (SSSR count). The third-order valence-corrected chi connectivity index (χ3v) is 4.24. The van der Waals surface area contributed by atoms with Gasteiger partial charge in [0.15, 0.2) is 0 Å². The number of hydrogen-bond donors (Lipinski definition) is 2. The Bertz CT molecular complexity index is 523. The summed E-state index contributed by atoms with van der Waals surface area (Å²) in [7, 11) is -2.29. The maximum Gasteiger partial charge on any atom is 0.243 e. The molecule has 1 aromatic rings. The van der Waals surface area contributed by atoms with Gasteiger partial charge in [-0.2, -0.15) is 0 Å². The molecule has 0 amide bonds. The lowest BCUT2D eigenvalue weighted by Crippen LogP contribution is -2.27. The Morgan fingerprint density at radius 2 is 1.89 bits per heavy atom. The topological polar surface area (TPSA) is 58.2 Å². The Labute approximate surface area is 113 Å². The van der Waals surface area contributed by atoms with Gasteiger partial charge in [0.25, 0.3) is 0 Å². The fourth-order valence-corrected chi connectivity index (χ4v) is 2.72. The Morgan fingerprint density at radius 1 is 1.22 bits per heavy atom. The second kappa shape index (κ2) is 6.55. The van der Waals surface area contributed by atoms with Crippen molar-refractivity contribution in [2.24, 2.45) is 0 Å². The summed E-state index contributed by atoms with van der Waals surface area (Å²) in [6.45, 7) is 0.778. The maximum atomic E-state index is 13.5. The van der Waals surface area contributed by atoms with Gasteiger partial charge in [0, 0.05) is 6.54 Å². The Kier molecular flexibility index (Phi) is 5.64. The predicted octanol–water partition coefficient (Wildman–Crippen LogP) is 1.62. The van der Waals surface area contributed by atoms with Crippen molar-refractivity contribution >= 4 is 26.0 Å². The van der Waals surface area contributed by atoms with E-state index >= 15 is 0 Å². The van der Waals surface area contributed by atoms with Gasteiger partial charge in [0.1, 0.15) is 16.5 Å². The van der Waals surface area contributed by atoms with Gasteiger partial charge in [0.2, 0.25) is 10.0 Å². The number of benzene rings is 1. The van der Waals surface area contributed by atoms with Crippen molar-refractivity contribution in [2.75, 3.05) is 20.1 Å². The predicted molar refractivity (Wildman–Crippen MR) is 67.8 cm³/mol. The van der Waals surface area contributed by atoms with Crippen molar-refractivity contribution in [2.45, 2.75) is 11.3 Å². The van der Waals surface area contributed by atoms with E-state index in [1.807, 2.05) is 0 Å². The lowest BCUT2D eigenvalue weighted by Gasteiger charge is -2.08. The number of sulfonamides is 1. The van der Waals surface area contributed by atoms with Crippen molar-refractivity contribution < 1.29 is 17.2 Å². The fraction of sp³-hybridized carbons (Fsp3) is 0.400. The molecule has 0 atom stereocenters. The quantitative estimate of drug-likeness (QED) is 0.610. The van der Waals surface area contributed by atoms with Gasteiger partial charge in [-0.15, -0.1) is 0 Å². The molecule has 0 aliphatic rings. The molecular formula is C10H13BrF2N2O2S. The molecule has 0 heterocycles. The zero-order chi connectivity index (χ0) is 13.8. The average Bonchev–Trinajstić information content (AvgIpc) is 2.29. The van der Waals surface area contributed by atoms with Gasteiger partial charge < -0.3 is 5.32 Å². The largest absolute Gasteiger partial charge is 0.320 e. The van der Waals surface area contributed by atoms with E-state index < -0.39 is 26.6 Å². The highest BCUT2D eigenvalue weighted by atomic mass is 79.9. The van der Waals surface area contributed by atoms with E-state index in [1.165, 1.54) is 0 Å². The lowest BCUT2D eigenvalue weighted by molar-refractivity contribution is 0.542. The van der Waals surface area contributed by atoms with Crippen LogP contribution in [0.25, 0.3) is 0 Å². The van der Waals surface area contributed by atoms with Gasteiger partial charge in [-0.1, -0.05) is 0 Å². The highest BCUT2D eigenvalue weighted by Gasteiger charge is 2.20. The zero-order valence-electron chi connectivity index (χ0n) is 9.63. The van der Waals surface area contributed by atoms with Crippen LogP contribution in [0.4, 0.5) is 8.78 Å². The van der Waals surface area contributed by atoms with Crippen LogP contribution in [0, 0.1) is 11.6 Å². The molecule has 0 aromatic heterocycles. The van der Waals surface area contributed by atoms with Gasteiger partial charge >= 0.3 is 0 Å². The summed E-state index contributed by atoms with van der Waals surface area (Å²) in [5, 5.41) is 2.85. The molecule has 0 saturated heterocycles. The summed E-state index contributed by atoms with van der Waals surface area (Å²) >= 11 is 2.78. The van der Waals surface area contributed by atoms with E-state index in [0.717, 1.165) is 6.07 Å². The molecular weight excluding hydrogens is 330 g/mol. The molecule has 18 heavy (non-hydrogen) atoms. The number of nitrogens with one attached hydrogen (secondary N) is 2. The first kappa shape index (κ1) is 15.5. The maximum absolute atomic E-state index is 13.5. The molecule has 1 aromatic carbocycles. The molecule has 102 valence electrons. The lowest BCUT2D eigenvalue weighted by atomic mass is 10.3. The standard InChI is InChI=1S/C10H13BrF2N2O2S/c1-14-3-2-4-15-18(16,17)10-6-8(12)7(11)5-9(10)13/h5-6,14-15H,2-4H2,1H3. The third kappa shape index (κ3) is 3.98. The van der Waals surface area contributed by atoms with Crippen LogP contribution in [0.2, 0.25) is 0 Å². The summed E-state index contributed by atoms with van der Waals surface area (Å²) in [6, 6.07) is 1.44. The van der Waals surface area contributed by atoms with E-state index in [2.05, 4.69) is 26.0 Å². The third-order valence-electron chi connectivity index (χ3n) is 2.16. The Morgan fingerprint density at radius 3 is 2.50 bits per heavy atom. The van der Waals surface area contributed by atoms with Gasteiger partial charge in [-0.25, -0.2) is 21.9 Å². The molecule has 0 aliphatic heterocycles. The molecule has 0 fully saturated rings. The monoisotopic (exact) mass is 342 g/mol. The smallest absolute Gasteiger partial charge is 0.243 e. The van der Waals surface area contributed by atoms with E-state index in [0.29, 0.717) is 19.0 Å². The molecule has 0 spiro atoms. The summed E-state index contributed by atoms with van der Waals surface area (Å²) in [6.07, 6.45) is 0.552. The van der Waals surface area contributed by atoms with Gasteiger partial charge in [0.05, 0.1) is 4.47 Å². The van der Waals surface area contributed by atoms with Crippen LogP contribution in [-0.4, -0.2) is 28.6 Å². The zero-order valence-corrected chi connectivity index (χ0v) is 12.0. The van der Waals surface area contributed by atoms with Crippen molar-refractivity contribution in [1.29, 1.82) is 0 Å². The minimum atomic E-state index is -4.02. The molecule has 0 bridgehead atoms. The highest BCUT2D eigenvalue weighted by Crippen LogP contribution is 2.22. The van der Waals surface area contributed by atoms with Crippen molar-refractivity contribution in [3.63, 3.8) is 0 Å². The molecule has 0 radical (unpaired) electrons. The van der Waals surface area contributed by atoms with Gasteiger partial charge in [-0.3, -0.25) is 0 Å². The molecule has 4 nitrogen and oxygen atoms in total. The van der Waals surface area contributed by atoms with Crippen LogP contribution in [0.15, 0.2) is 21.5 Å². The molecule has 2 N–H and O–H groups in total. The van der Waals surface area contributed by atoms with E-state index in [9.17, 15) is 17.2 Å². The van der Waals surface area contributed by atoms with Crippen LogP contribution < -0.4 is 10.0 Å². The Hall–Kier alpha value is -0.570. The summed E-state index contributed by atoms with van der Waals surface area (Å²) in [5.74, 6) is -1.82. The average molecular weight is 343 g/mol. The normalized spacial score (nSPS) is 11.8. The Balaban J connectivity index is 2.88. The first-order valence-electron chi connectivity index (χ1n) is 5.17. The summed E-state index contributed by atoms with van der Waals surface area (Å²) in [4.78, 5) is -0.687. The van der Waals surface area contributed by atoms with Crippen LogP contribution in [0.1, 0.15) is 6.42 Å². The van der Waals surface area contributed by atoms with E-state index in [1.54, 1.807) is 7.05 Å². The van der Waals surface area contributed by atoms with Crippen LogP contribution >= 0.6 is 15.9 Å². The molecule has 0 aliphatic carbocycles. The van der Waals surface area contributed by atoms with Crippen LogP contribution in [0.5, 0.6) is 0 Å². The number of rotatable bonds is 6. The first-order valence-corrected chi connectivity index (χ1v) is 7.45. The summed E-state index contributed by atoms with van der Waals surface area (Å²) in [5.41, 5.74) is 0. The first-order chi connectivity index (χ1) is 8.38. The van der Waals surface area contributed by atoms with Crippen LogP contribution in [-0.2, 0) is 10.0 Å². The minimum Gasteiger partial charge on any atom is -0.320 e. The van der Waals surface area contributed by atoms with Gasteiger partial charge in [-0.05, 0) is 48.1 Å². The second-order valence-corrected chi connectivity index (χ2v) is 6.14. The van der Waals surface area contributed by atoms with Crippen LogP contribution in [0.3, 0.4) is 0 Å². The highest BCUT2D eigenvalue weighted by molar-refractivity contribution is 9.10. The van der Waals surface area contributed by atoms with Crippen molar-refractivity contribution in [1.82, 2.24) is 10.0 Å². The minimum absolute atomic E-state index is 0.117. The number of halogens is 3. The SMILES string of the molecule is CNCCCNS(=O)(=O)c1cc(F)c(Br)cc1F.